The Morgan fingerprint density at radius 2 is 0.807 bits per heavy atom. The van der Waals surface area contributed by atoms with Crippen LogP contribution in [0.25, 0.3) is 0 Å². The van der Waals surface area contributed by atoms with E-state index < -0.39 is 29.1 Å². The first-order valence-electron chi connectivity index (χ1n) is 15.0. The van der Waals surface area contributed by atoms with Gasteiger partial charge in [0.1, 0.15) is 11.5 Å². The number of phenolic OH excluding ortho intramolecular Hbond substituents is 1. The normalized spacial score (nSPS) is 7.58. The van der Waals surface area contributed by atoms with Gasteiger partial charge in [-0.2, -0.15) is 0 Å². The Balaban J connectivity index is -0.0000000389. The van der Waals surface area contributed by atoms with Gasteiger partial charge >= 0.3 is 11.9 Å². The van der Waals surface area contributed by atoms with Gasteiger partial charge in [-0.25, -0.2) is 9.59 Å². The summed E-state index contributed by atoms with van der Waals surface area (Å²) in [5, 5.41) is 19.1. The SMILES string of the molecule is C=C=C=C=C=C=C=C=C=C=C=C=C=C=C=C=C=C=C=C=C=C=C=C=C=C=C=C=C=C=C=C=C=C(C(=O)O)C(=O)Oc1ccc2c(c1)C(=O)c1ccc(O)cc1C2=O.[HH].[HH].[HH].[HH].[HH].[HH].[HH].[HH].[HH].[HH].[HH].[HH].[HH].[HH].[HH].[HH].[HH].[HH].[HH].[HH].[HH].[HH].[HH].[HH].[HH].[HH].[HH].[HH].[HH].[HH].[HH].[HH]. The van der Waals surface area contributed by atoms with Crippen LogP contribution in [0.4, 0.5) is 0 Å². The van der Waals surface area contributed by atoms with Gasteiger partial charge in [-0.05, 0) is 140 Å². The second-order valence-electron chi connectivity index (χ2n) is 9.22. The molecule has 0 spiro atoms. The van der Waals surface area contributed by atoms with Crippen molar-refractivity contribution in [2.75, 3.05) is 0 Å². The lowest BCUT2D eigenvalue weighted by Gasteiger charge is -2.18. The van der Waals surface area contributed by atoms with E-state index in [0.29, 0.717) is 0 Å². The van der Waals surface area contributed by atoms with Crippen molar-refractivity contribution in [1.82, 2.24) is 0 Å². The van der Waals surface area contributed by atoms with Crippen LogP contribution in [0.5, 0.6) is 11.5 Å². The number of fused-ring (bicyclic) bond motifs is 2. The van der Waals surface area contributed by atoms with Gasteiger partial charge in [-0.1, -0.05) is 5.73 Å². The summed E-state index contributed by atoms with van der Waals surface area (Å²) in [5.74, 6) is -4.45. The molecule has 0 fully saturated rings. The molecule has 0 bridgehead atoms. The Labute approximate surface area is 369 Å². The highest BCUT2D eigenvalue weighted by molar-refractivity contribution is 6.28. The summed E-state index contributed by atoms with van der Waals surface area (Å²) in [6, 6.07) is 7.36. The van der Waals surface area contributed by atoms with Crippen molar-refractivity contribution < 1.29 is 79.8 Å². The lowest BCUT2D eigenvalue weighted by Crippen LogP contribution is -2.21. The summed E-state index contributed by atoms with van der Waals surface area (Å²) >= 11 is 0. The standard InChI is InChI=1S/C50H10O7.32H2/c1-2-3-4-5-6-7-8-9-10-11-12-13-14-15-16-17-18-19-20-21-22-23-24-25-26-27-28-29-30-31-32-33-44(49(54)55)50(56)57-41-35-37-43-46(39-41)48(53)42-36-34-40(51)38-45(42)47(43)52;;;;;;;;;;;;;;;;;;;;;;;;;;;;;;;;/h34-39,51H,1H2,(H,54,55);32*1H. The minimum absolute atomic E-state index is 0. The average Bonchev–Trinajstić information content (AvgIpc) is 3.20. The first-order chi connectivity index (χ1) is 27.8. The van der Waals surface area contributed by atoms with E-state index in [4.69, 9.17) is 4.74 Å². The molecule has 0 amide bonds. The van der Waals surface area contributed by atoms with E-state index in [-0.39, 0.29) is 79.4 Å². The predicted octanol–water partition coefficient (Wildman–Crippen LogP) is 14.5. The van der Waals surface area contributed by atoms with E-state index in [9.17, 15) is 29.4 Å². The maximum atomic E-state index is 12.9. The summed E-state index contributed by atoms with van der Waals surface area (Å²) in [6.45, 7) is 3.31. The van der Waals surface area contributed by atoms with Crippen molar-refractivity contribution in [1.29, 1.82) is 0 Å². The molecule has 0 unspecified atom stereocenters. The van der Waals surface area contributed by atoms with E-state index in [2.05, 4.69) is 190 Å². The molecule has 3 rings (SSSR count). The number of phenols is 1. The van der Waals surface area contributed by atoms with Gasteiger partial charge < -0.3 is 14.9 Å². The fourth-order valence-corrected chi connectivity index (χ4v) is 3.54. The minimum Gasteiger partial charge on any atom is -0.508 e. The number of ether oxygens (including phenoxy) is 1. The summed E-state index contributed by atoms with van der Waals surface area (Å²) in [5.41, 5.74) is 76.5. The van der Waals surface area contributed by atoms with Crippen LogP contribution in [0.1, 0.15) is 77.5 Å². The van der Waals surface area contributed by atoms with Crippen molar-refractivity contribution in [3.8, 4) is 11.5 Å². The van der Waals surface area contributed by atoms with Crippen LogP contribution in [0.2, 0.25) is 0 Å². The van der Waals surface area contributed by atoms with Crippen LogP contribution < -0.4 is 4.74 Å². The molecule has 1 aliphatic rings. The smallest absolute Gasteiger partial charge is 0.359 e. The first kappa shape index (κ1) is 40.6. The number of carbonyl (C=O) groups is 4. The molecule has 57 heavy (non-hydrogen) atoms. The third kappa shape index (κ3) is 14.5. The van der Waals surface area contributed by atoms with Crippen molar-refractivity contribution in [3.05, 3.63) is 254 Å². The molecule has 0 aliphatic heterocycles. The number of aromatic hydroxyl groups is 1. The quantitative estimate of drug-likeness (QED) is 0.0677. The number of ketones is 2. The fraction of sp³-hybridized carbons (Fsp3) is 0. The molecule has 2 N–H and O–H groups in total. The predicted molar refractivity (Wildman–Crippen MR) is 264 cm³/mol. The molecule has 7 nitrogen and oxygen atoms in total. The molecule has 7 heteroatoms. The Bertz CT molecular complexity index is 3610. The van der Waals surface area contributed by atoms with E-state index in [1.54, 1.807) is 0 Å². The highest BCUT2D eigenvalue weighted by Gasteiger charge is 2.31. The number of hydrogen-bond acceptors (Lipinski definition) is 6. The third-order valence-corrected chi connectivity index (χ3v) is 5.69. The molecular formula is C50H74O7. The van der Waals surface area contributed by atoms with Crippen LogP contribution in [0, 0.1) is 0 Å². The Morgan fingerprint density at radius 3 is 1.18 bits per heavy atom. The van der Waals surface area contributed by atoms with E-state index in [1.807, 2.05) is 0 Å². The fourth-order valence-electron chi connectivity index (χ4n) is 3.54. The number of carboxylic acids is 1. The first-order valence-corrected chi connectivity index (χ1v) is 15.0. The number of benzene rings is 2. The van der Waals surface area contributed by atoms with Crippen LogP contribution in [-0.2, 0) is 9.59 Å². The molecule has 2 aromatic rings. The summed E-state index contributed by atoms with van der Waals surface area (Å²) in [7, 11) is 0. The average molecular weight is 787 g/mol. The monoisotopic (exact) mass is 787 g/mol. The molecule has 0 heterocycles. The number of rotatable bonds is 3. The van der Waals surface area contributed by atoms with Gasteiger partial charge in [0.2, 0.25) is 0 Å². The molecular weight excluding hydrogens is 713 g/mol. The van der Waals surface area contributed by atoms with E-state index >= 15 is 0 Å². The molecule has 0 saturated heterocycles. The maximum absolute atomic E-state index is 12.9. The highest BCUT2D eigenvalue weighted by Crippen LogP contribution is 2.31. The summed E-state index contributed by atoms with van der Waals surface area (Å²) in [4.78, 5) is 49.9. The van der Waals surface area contributed by atoms with E-state index in [0.717, 1.165) is 6.07 Å². The highest BCUT2D eigenvalue weighted by atomic mass is 16.5. The summed E-state index contributed by atoms with van der Waals surface area (Å²) in [6.07, 6.45) is 0. The number of carboxylic acid groups (broad SMARTS) is 1. The lowest BCUT2D eigenvalue weighted by molar-refractivity contribution is -0.138. The largest absolute Gasteiger partial charge is 0.508 e. The van der Waals surface area contributed by atoms with Gasteiger partial charge in [-0.15, -0.1) is 0 Å². The number of hydrogen-bond donors (Lipinski definition) is 2. The minimum atomic E-state index is -1.68. The van der Waals surface area contributed by atoms with Crippen molar-refractivity contribution in [2.45, 2.75) is 0 Å². The van der Waals surface area contributed by atoms with Gasteiger partial charge in [0.15, 0.2) is 17.1 Å². The Hall–Kier alpha value is -10.8. The third-order valence-electron chi connectivity index (χ3n) is 5.69. The molecule has 0 aromatic heterocycles. The Morgan fingerprint density at radius 1 is 0.474 bits per heavy atom. The number of aliphatic carboxylic acids is 1. The zero-order chi connectivity index (χ0) is 40.9. The zero-order valence-corrected chi connectivity index (χ0v) is 28.6. The van der Waals surface area contributed by atoms with Crippen LogP contribution in [0.3, 0.4) is 0 Å². The van der Waals surface area contributed by atoms with E-state index in [1.165, 1.54) is 30.3 Å². The second-order valence-corrected chi connectivity index (χ2v) is 9.22. The van der Waals surface area contributed by atoms with Crippen LogP contribution in [-0.4, -0.2) is 33.7 Å². The van der Waals surface area contributed by atoms with Crippen LogP contribution >= 0.6 is 0 Å². The molecule has 0 radical (unpaired) electrons. The topological polar surface area (TPSA) is 118 Å². The van der Waals surface area contributed by atoms with Crippen molar-refractivity contribution in [2.24, 2.45) is 0 Å². The number of esters is 1. The van der Waals surface area contributed by atoms with Gasteiger partial charge in [0.25, 0.3) is 0 Å². The van der Waals surface area contributed by atoms with Crippen molar-refractivity contribution >= 4 is 23.5 Å². The van der Waals surface area contributed by atoms with Gasteiger partial charge in [0, 0.05) is 148 Å². The molecule has 2 aromatic carbocycles. The molecule has 0 saturated carbocycles. The van der Waals surface area contributed by atoms with Gasteiger partial charge in [-0.3, -0.25) is 9.59 Å². The molecule has 1 aliphatic carbocycles. The van der Waals surface area contributed by atoms with Gasteiger partial charge in [0.05, 0.1) is 0 Å². The summed E-state index contributed by atoms with van der Waals surface area (Å²) < 4.78 is 5.10. The van der Waals surface area contributed by atoms with Crippen LogP contribution in [0.15, 0.2) is 232 Å². The van der Waals surface area contributed by atoms with Crippen molar-refractivity contribution in [3.63, 3.8) is 0 Å². The number of carbonyl (C=O) groups excluding carboxylic acids is 3. The zero-order valence-electron chi connectivity index (χ0n) is 28.6. The Kier molecular flexibility index (Phi) is 16.8. The lowest BCUT2D eigenvalue weighted by atomic mass is 9.84. The molecule has 0 atom stereocenters. The molecule has 316 valence electrons. The second kappa shape index (κ2) is 23.6. The maximum Gasteiger partial charge on any atom is 0.359 e.